The zero-order valence-corrected chi connectivity index (χ0v) is 13.0. The SMILES string of the molecule is CCC1(C)CN(Cc2nccn2C)C(C(C)C)CN1. The Labute approximate surface area is 117 Å². The van der Waals surface area contributed by atoms with Gasteiger partial charge in [0.1, 0.15) is 5.82 Å². The van der Waals surface area contributed by atoms with Gasteiger partial charge in [0.05, 0.1) is 6.54 Å². The van der Waals surface area contributed by atoms with Gasteiger partial charge >= 0.3 is 0 Å². The quantitative estimate of drug-likeness (QED) is 0.903. The van der Waals surface area contributed by atoms with E-state index in [-0.39, 0.29) is 5.54 Å². The second-order valence-electron chi connectivity index (χ2n) is 6.47. The van der Waals surface area contributed by atoms with E-state index in [0.717, 1.165) is 31.9 Å². The average Bonchev–Trinajstić information content (AvgIpc) is 2.75. The number of hydrogen-bond donors (Lipinski definition) is 1. The predicted octanol–water partition coefficient (Wildman–Crippen LogP) is 2.02. The summed E-state index contributed by atoms with van der Waals surface area (Å²) in [6.45, 7) is 12.3. The molecule has 0 amide bonds. The molecule has 0 aliphatic carbocycles. The van der Waals surface area contributed by atoms with Crippen LogP contribution in [-0.2, 0) is 13.6 Å². The van der Waals surface area contributed by atoms with E-state index in [0.29, 0.717) is 12.0 Å². The van der Waals surface area contributed by atoms with Crippen LogP contribution in [0.15, 0.2) is 12.4 Å². The maximum absolute atomic E-state index is 4.48. The Morgan fingerprint density at radius 3 is 2.79 bits per heavy atom. The number of aryl methyl sites for hydroxylation is 1. The van der Waals surface area contributed by atoms with E-state index < -0.39 is 0 Å². The first kappa shape index (κ1) is 14.5. The lowest BCUT2D eigenvalue weighted by Gasteiger charge is -2.47. The molecule has 4 heteroatoms. The van der Waals surface area contributed by atoms with Gasteiger partial charge in [-0.3, -0.25) is 4.90 Å². The van der Waals surface area contributed by atoms with E-state index in [2.05, 4.69) is 54.5 Å². The van der Waals surface area contributed by atoms with Crippen molar-refractivity contribution in [3.63, 3.8) is 0 Å². The molecule has 1 aromatic rings. The maximum atomic E-state index is 4.48. The average molecular weight is 264 g/mol. The van der Waals surface area contributed by atoms with Gasteiger partial charge in [0.2, 0.25) is 0 Å². The Morgan fingerprint density at radius 2 is 2.26 bits per heavy atom. The molecule has 0 spiro atoms. The topological polar surface area (TPSA) is 33.1 Å². The molecule has 1 saturated heterocycles. The first-order valence-corrected chi connectivity index (χ1v) is 7.40. The lowest BCUT2D eigenvalue weighted by Crippen LogP contribution is -2.63. The largest absolute Gasteiger partial charge is 0.337 e. The van der Waals surface area contributed by atoms with Crippen LogP contribution in [0.3, 0.4) is 0 Å². The molecule has 1 aliphatic heterocycles. The number of aromatic nitrogens is 2. The van der Waals surface area contributed by atoms with E-state index in [1.165, 1.54) is 0 Å². The maximum Gasteiger partial charge on any atom is 0.122 e. The molecule has 2 heterocycles. The fraction of sp³-hybridized carbons (Fsp3) is 0.800. The van der Waals surface area contributed by atoms with Crippen LogP contribution in [0.2, 0.25) is 0 Å². The zero-order valence-electron chi connectivity index (χ0n) is 13.0. The van der Waals surface area contributed by atoms with Gasteiger partial charge < -0.3 is 9.88 Å². The van der Waals surface area contributed by atoms with Crippen molar-refractivity contribution < 1.29 is 0 Å². The molecule has 0 saturated carbocycles. The van der Waals surface area contributed by atoms with Gasteiger partial charge in [-0.25, -0.2) is 4.98 Å². The van der Waals surface area contributed by atoms with E-state index in [9.17, 15) is 0 Å². The van der Waals surface area contributed by atoms with Crippen molar-refractivity contribution in [2.75, 3.05) is 13.1 Å². The molecule has 2 unspecified atom stereocenters. The van der Waals surface area contributed by atoms with Gasteiger partial charge in [0.25, 0.3) is 0 Å². The summed E-state index contributed by atoms with van der Waals surface area (Å²) in [5, 5.41) is 3.73. The van der Waals surface area contributed by atoms with Crippen molar-refractivity contribution in [2.45, 2.75) is 52.2 Å². The van der Waals surface area contributed by atoms with Crippen LogP contribution < -0.4 is 5.32 Å². The summed E-state index contributed by atoms with van der Waals surface area (Å²) in [5.41, 5.74) is 0.233. The van der Waals surface area contributed by atoms with Crippen molar-refractivity contribution in [3.8, 4) is 0 Å². The van der Waals surface area contributed by atoms with Crippen molar-refractivity contribution in [3.05, 3.63) is 18.2 Å². The third-order valence-electron chi connectivity index (χ3n) is 4.57. The molecule has 1 aliphatic rings. The summed E-state index contributed by atoms with van der Waals surface area (Å²) in [4.78, 5) is 7.08. The summed E-state index contributed by atoms with van der Waals surface area (Å²) in [6.07, 6.45) is 5.08. The highest BCUT2D eigenvalue weighted by Crippen LogP contribution is 2.24. The van der Waals surface area contributed by atoms with E-state index in [4.69, 9.17) is 0 Å². The Balaban J connectivity index is 2.14. The van der Waals surface area contributed by atoms with Gasteiger partial charge in [-0.05, 0) is 19.3 Å². The Bertz CT molecular complexity index is 412. The van der Waals surface area contributed by atoms with Crippen molar-refractivity contribution >= 4 is 0 Å². The molecule has 1 N–H and O–H groups in total. The minimum Gasteiger partial charge on any atom is -0.337 e. The molecule has 2 rings (SSSR count). The second-order valence-corrected chi connectivity index (χ2v) is 6.47. The highest BCUT2D eigenvalue weighted by Gasteiger charge is 2.36. The number of nitrogens with one attached hydrogen (secondary N) is 1. The van der Waals surface area contributed by atoms with Gasteiger partial charge in [0.15, 0.2) is 0 Å². The molecule has 1 fully saturated rings. The standard InChI is InChI=1S/C15H28N4/c1-6-15(4)11-19(13(9-17-15)12(2)3)10-14-16-7-8-18(14)5/h7-8,12-13,17H,6,9-11H2,1-5H3. The van der Waals surface area contributed by atoms with Crippen LogP contribution in [0.4, 0.5) is 0 Å². The van der Waals surface area contributed by atoms with Crippen LogP contribution in [0, 0.1) is 5.92 Å². The molecular formula is C15H28N4. The fourth-order valence-electron chi connectivity index (χ4n) is 2.90. The van der Waals surface area contributed by atoms with Crippen LogP contribution >= 0.6 is 0 Å². The molecule has 19 heavy (non-hydrogen) atoms. The first-order chi connectivity index (χ1) is 8.95. The van der Waals surface area contributed by atoms with Crippen LogP contribution in [0.25, 0.3) is 0 Å². The smallest absolute Gasteiger partial charge is 0.122 e. The van der Waals surface area contributed by atoms with Crippen molar-refractivity contribution in [2.24, 2.45) is 13.0 Å². The number of imidazole rings is 1. The number of rotatable bonds is 4. The lowest BCUT2D eigenvalue weighted by molar-refractivity contribution is 0.0512. The Kier molecular flexibility index (Phi) is 4.31. The van der Waals surface area contributed by atoms with Crippen molar-refractivity contribution in [1.82, 2.24) is 19.8 Å². The molecule has 0 radical (unpaired) electrons. The molecule has 0 bridgehead atoms. The molecule has 2 atom stereocenters. The molecule has 0 aromatic carbocycles. The van der Waals surface area contributed by atoms with Crippen LogP contribution in [0.5, 0.6) is 0 Å². The summed E-state index contributed by atoms with van der Waals surface area (Å²) in [6, 6.07) is 0.594. The van der Waals surface area contributed by atoms with Gasteiger partial charge in [-0.1, -0.05) is 20.8 Å². The monoisotopic (exact) mass is 264 g/mol. The zero-order chi connectivity index (χ0) is 14.0. The number of hydrogen-bond acceptors (Lipinski definition) is 3. The highest BCUT2D eigenvalue weighted by atomic mass is 15.3. The highest BCUT2D eigenvalue weighted by molar-refractivity contribution is 4.99. The Morgan fingerprint density at radius 1 is 1.53 bits per heavy atom. The van der Waals surface area contributed by atoms with Gasteiger partial charge in [-0.15, -0.1) is 0 Å². The van der Waals surface area contributed by atoms with Crippen LogP contribution in [-0.4, -0.2) is 39.1 Å². The third-order valence-corrected chi connectivity index (χ3v) is 4.57. The van der Waals surface area contributed by atoms with Gasteiger partial charge in [-0.2, -0.15) is 0 Å². The minimum atomic E-state index is 0.233. The second kappa shape index (κ2) is 5.63. The van der Waals surface area contributed by atoms with Gasteiger partial charge in [0, 0.05) is 44.1 Å². The van der Waals surface area contributed by atoms with Crippen LogP contribution in [0.1, 0.15) is 39.9 Å². The first-order valence-electron chi connectivity index (χ1n) is 7.40. The predicted molar refractivity (Wildman–Crippen MR) is 78.9 cm³/mol. The molecular weight excluding hydrogens is 236 g/mol. The lowest BCUT2D eigenvalue weighted by atomic mass is 9.90. The van der Waals surface area contributed by atoms with Crippen molar-refractivity contribution in [1.29, 1.82) is 0 Å². The summed E-state index contributed by atoms with van der Waals surface area (Å²) in [7, 11) is 2.08. The number of piperazine rings is 1. The van der Waals surface area contributed by atoms with E-state index in [1.54, 1.807) is 0 Å². The summed E-state index contributed by atoms with van der Waals surface area (Å²) in [5.74, 6) is 1.82. The third kappa shape index (κ3) is 3.18. The fourth-order valence-corrected chi connectivity index (χ4v) is 2.90. The van der Waals surface area contributed by atoms with E-state index >= 15 is 0 Å². The summed E-state index contributed by atoms with van der Waals surface area (Å²) < 4.78 is 2.13. The molecule has 108 valence electrons. The molecule has 4 nitrogen and oxygen atoms in total. The normalized spacial score (nSPS) is 29.1. The van der Waals surface area contributed by atoms with E-state index in [1.807, 2.05) is 12.4 Å². The summed E-state index contributed by atoms with van der Waals surface area (Å²) >= 11 is 0. The molecule has 1 aromatic heterocycles. The Hall–Kier alpha value is -0.870. The minimum absolute atomic E-state index is 0.233. The number of nitrogens with zero attached hydrogens (tertiary/aromatic N) is 3.